The molecule has 0 radical (unpaired) electrons. The van der Waals surface area contributed by atoms with Crippen molar-refractivity contribution in [2.24, 2.45) is 5.16 Å². The summed E-state index contributed by atoms with van der Waals surface area (Å²) in [5.41, 5.74) is -0.589. The van der Waals surface area contributed by atoms with Gasteiger partial charge in [-0.05, 0) is 65.1 Å². The Morgan fingerprint density at radius 1 is 0.943 bits per heavy atom. The van der Waals surface area contributed by atoms with Gasteiger partial charge in [0.05, 0.1) is 0 Å². The maximum atomic E-state index is 12.6. The van der Waals surface area contributed by atoms with E-state index in [1.54, 1.807) is 41.5 Å². The van der Waals surface area contributed by atoms with Gasteiger partial charge in [-0.2, -0.15) is 0 Å². The van der Waals surface area contributed by atoms with Crippen LogP contribution in [0.5, 0.6) is 0 Å². The minimum absolute atomic E-state index is 0.0412. The highest BCUT2D eigenvalue weighted by Gasteiger charge is 2.28. The molecule has 1 aromatic rings. The van der Waals surface area contributed by atoms with Gasteiger partial charge in [-0.3, -0.25) is 5.32 Å². The highest BCUT2D eigenvalue weighted by atomic mass is 16.6. The number of guanidine groups is 1. The first-order valence-electron chi connectivity index (χ1n) is 11.3. The molecule has 0 aliphatic rings. The Kier molecular flexibility index (Phi) is 11.8. The van der Waals surface area contributed by atoms with Gasteiger partial charge in [-0.15, -0.1) is 0 Å². The first-order valence-corrected chi connectivity index (χ1v) is 11.3. The average Bonchev–Trinajstić information content (AvgIpc) is 2.72. The molecule has 1 rings (SSSR count). The predicted octanol–water partition coefficient (Wildman–Crippen LogP) is 3.44. The summed E-state index contributed by atoms with van der Waals surface area (Å²) >= 11 is 0. The van der Waals surface area contributed by atoms with Crippen molar-refractivity contribution < 1.29 is 33.4 Å². The zero-order chi connectivity index (χ0) is 26.5. The first-order chi connectivity index (χ1) is 16.3. The largest absolute Gasteiger partial charge is 0.458 e. The number of nitrogens with one attached hydrogen (secondary N) is 3. The molecular formula is C24H38N4O7. The van der Waals surface area contributed by atoms with Gasteiger partial charge in [0, 0.05) is 6.54 Å². The molecule has 1 atom stereocenters. The normalized spacial score (nSPS) is 12.7. The number of ether oxygens (including phenoxy) is 3. The van der Waals surface area contributed by atoms with E-state index in [1.807, 2.05) is 30.3 Å². The van der Waals surface area contributed by atoms with Crippen molar-refractivity contribution in [3.63, 3.8) is 0 Å². The number of benzene rings is 1. The van der Waals surface area contributed by atoms with E-state index < -0.39 is 35.4 Å². The van der Waals surface area contributed by atoms with E-state index in [2.05, 4.69) is 21.1 Å². The van der Waals surface area contributed by atoms with Crippen LogP contribution >= 0.6 is 0 Å². The van der Waals surface area contributed by atoms with E-state index in [9.17, 15) is 14.4 Å². The molecule has 0 aliphatic heterocycles. The lowest BCUT2D eigenvalue weighted by atomic mass is 10.1. The average molecular weight is 495 g/mol. The van der Waals surface area contributed by atoms with Crippen LogP contribution in [0, 0.1) is 0 Å². The fraction of sp³-hybridized carbons (Fsp3) is 0.583. The quantitative estimate of drug-likeness (QED) is 0.119. The maximum absolute atomic E-state index is 12.6. The molecule has 1 aromatic carbocycles. The number of hydrogen-bond donors (Lipinski definition) is 3. The number of rotatable bonds is 9. The van der Waals surface area contributed by atoms with Gasteiger partial charge < -0.3 is 29.7 Å². The van der Waals surface area contributed by atoms with Crippen LogP contribution in [0.4, 0.5) is 9.59 Å². The van der Waals surface area contributed by atoms with Gasteiger partial charge in [0.1, 0.15) is 31.0 Å². The van der Waals surface area contributed by atoms with Crippen LogP contribution < -0.4 is 16.0 Å². The molecule has 0 aromatic heterocycles. The summed E-state index contributed by atoms with van der Waals surface area (Å²) in [5.74, 6) is -0.531. The van der Waals surface area contributed by atoms with Crippen molar-refractivity contribution in [3.05, 3.63) is 35.9 Å². The lowest BCUT2D eigenvalue weighted by Gasteiger charge is -2.26. The summed E-state index contributed by atoms with van der Waals surface area (Å²) in [6.45, 7) is 10.8. The summed E-state index contributed by atoms with van der Waals surface area (Å²) < 4.78 is 15.8. The zero-order valence-corrected chi connectivity index (χ0v) is 21.6. The molecule has 0 aliphatic carbocycles. The smallest absolute Gasteiger partial charge is 0.414 e. The number of amides is 2. The molecule has 2 amide bonds. The van der Waals surface area contributed by atoms with Crippen LogP contribution in [0.1, 0.15) is 59.9 Å². The summed E-state index contributed by atoms with van der Waals surface area (Å²) in [5, 5.41) is 11.6. The summed E-state index contributed by atoms with van der Waals surface area (Å²) in [7, 11) is 1.34. The van der Waals surface area contributed by atoms with Crippen molar-refractivity contribution in [3.8, 4) is 0 Å². The predicted molar refractivity (Wildman–Crippen MR) is 130 cm³/mol. The van der Waals surface area contributed by atoms with Crippen LogP contribution in [0.25, 0.3) is 0 Å². The number of hydrogen-bond acceptors (Lipinski definition) is 8. The molecule has 0 saturated heterocycles. The monoisotopic (exact) mass is 494 g/mol. The molecule has 0 spiro atoms. The SMILES string of the molecule is CON=C(NCCC[C@H](NC(=O)OC(C)(C)C)C(=O)OC(C)(C)C)NC(=O)OCc1ccccc1. The maximum Gasteiger partial charge on any atom is 0.414 e. The number of carbonyl (C=O) groups is 3. The number of nitrogens with zero attached hydrogens (tertiary/aromatic N) is 1. The van der Waals surface area contributed by atoms with E-state index in [0.717, 1.165) is 5.56 Å². The van der Waals surface area contributed by atoms with Gasteiger partial charge in [0.25, 0.3) is 0 Å². The van der Waals surface area contributed by atoms with Gasteiger partial charge >= 0.3 is 18.2 Å². The molecule has 0 heterocycles. The number of esters is 1. The Hall–Kier alpha value is -3.50. The number of carbonyl (C=O) groups excluding carboxylic acids is 3. The zero-order valence-electron chi connectivity index (χ0n) is 21.6. The lowest BCUT2D eigenvalue weighted by Crippen LogP contribution is -2.46. The van der Waals surface area contributed by atoms with Crippen LogP contribution in [0.3, 0.4) is 0 Å². The Morgan fingerprint density at radius 2 is 1.57 bits per heavy atom. The van der Waals surface area contributed by atoms with Crippen molar-refractivity contribution in [1.29, 1.82) is 0 Å². The molecule has 0 unspecified atom stereocenters. The molecule has 35 heavy (non-hydrogen) atoms. The Bertz CT molecular complexity index is 846. The van der Waals surface area contributed by atoms with E-state index in [0.29, 0.717) is 13.0 Å². The highest BCUT2D eigenvalue weighted by molar-refractivity contribution is 5.93. The van der Waals surface area contributed by atoms with Gasteiger partial charge in [-0.25, -0.2) is 14.4 Å². The Morgan fingerprint density at radius 3 is 2.14 bits per heavy atom. The molecule has 0 saturated carbocycles. The molecule has 3 N–H and O–H groups in total. The molecule has 196 valence electrons. The third-order valence-electron chi connectivity index (χ3n) is 3.96. The van der Waals surface area contributed by atoms with Crippen molar-refractivity contribution in [2.75, 3.05) is 13.7 Å². The van der Waals surface area contributed by atoms with Crippen molar-refractivity contribution in [2.45, 2.75) is 78.2 Å². The number of alkyl carbamates (subject to hydrolysis) is 2. The van der Waals surface area contributed by atoms with E-state index in [1.165, 1.54) is 7.11 Å². The third kappa shape index (κ3) is 14.4. The van der Waals surface area contributed by atoms with Gasteiger partial charge in [0.15, 0.2) is 0 Å². The standard InChI is InChI=1S/C24H38N4O7/c1-23(2,3)34-19(29)18(26-22(31)35-24(4,5)6)14-11-15-25-20(28-32-7)27-21(30)33-16-17-12-9-8-10-13-17/h8-10,12-13,18H,11,14-16H2,1-7H3,(H,26,31)(H2,25,27,28,30)/t18-/m0/s1. The summed E-state index contributed by atoms with van der Waals surface area (Å²) in [6, 6.07) is 8.31. The summed E-state index contributed by atoms with van der Waals surface area (Å²) in [6.07, 6.45) is -0.760. The Balaban J connectivity index is 2.60. The fourth-order valence-corrected chi connectivity index (χ4v) is 2.63. The second-order valence-electron chi connectivity index (χ2n) is 9.61. The molecule has 11 nitrogen and oxygen atoms in total. The van der Waals surface area contributed by atoms with E-state index in [-0.39, 0.29) is 19.0 Å². The lowest BCUT2D eigenvalue weighted by molar-refractivity contribution is -0.157. The van der Waals surface area contributed by atoms with Crippen LogP contribution in [0.15, 0.2) is 35.5 Å². The van der Waals surface area contributed by atoms with E-state index in [4.69, 9.17) is 19.0 Å². The number of oxime groups is 1. The van der Waals surface area contributed by atoms with Crippen LogP contribution in [-0.4, -0.2) is 55.0 Å². The van der Waals surface area contributed by atoms with Crippen molar-refractivity contribution >= 4 is 24.1 Å². The van der Waals surface area contributed by atoms with Crippen molar-refractivity contribution in [1.82, 2.24) is 16.0 Å². The third-order valence-corrected chi connectivity index (χ3v) is 3.96. The second-order valence-corrected chi connectivity index (χ2v) is 9.61. The Labute approximate surface area is 206 Å². The summed E-state index contributed by atoms with van der Waals surface area (Å²) in [4.78, 5) is 41.6. The molecular weight excluding hydrogens is 456 g/mol. The molecule has 0 fully saturated rings. The van der Waals surface area contributed by atoms with Gasteiger partial charge in [-0.1, -0.05) is 30.3 Å². The molecule has 0 bridgehead atoms. The second kappa shape index (κ2) is 14.0. The minimum Gasteiger partial charge on any atom is -0.458 e. The van der Waals surface area contributed by atoms with Gasteiger partial charge in [0.2, 0.25) is 5.96 Å². The first kappa shape index (κ1) is 29.5. The van der Waals surface area contributed by atoms with E-state index >= 15 is 0 Å². The molecule has 11 heteroatoms. The van der Waals surface area contributed by atoms with Crippen LogP contribution in [-0.2, 0) is 30.4 Å². The minimum atomic E-state index is -0.919. The van der Waals surface area contributed by atoms with Crippen LogP contribution in [0.2, 0.25) is 0 Å². The fourth-order valence-electron chi connectivity index (χ4n) is 2.63. The highest BCUT2D eigenvalue weighted by Crippen LogP contribution is 2.12. The topological polar surface area (TPSA) is 137 Å².